The summed E-state index contributed by atoms with van der Waals surface area (Å²) in [4.78, 5) is 18.1. The molecule has 0 aromatic heterocycles. The maximum Gasteiger partial charge on any atom is 0.308 e. The molecule has 24 heavy (non-hydrogen) atoms. The maximum atomic E-state index is 11.6. The van der Waals surface area contributed by atoms with Gasteiger partial charge in [-0.2, -0.15) is 0 Å². The standard InChI is InChI=1S/C17H31N3O4/c1-18-17(20-9-6-14(7-10-20)16(21)22-2)19-8-4-11-23-13-15-5-3-12-24-15/h14-15H,3-13H2,1-2H3,(H,18,19). The number of hydrogen-bond acceptors (Lipinski definition) is 5. The van der Waals surface area contributed by atoms with Gasteiger partial charge in [0.25, 0.3) is 0 Å². The predicted molar refractivity (Wildman–Crippen MR) is 92.1 cm³/mol. The lowest BCUT2D eigenvalue weighted by Gasteiger charge is -2.33. The molecule has 1 N–H and O–H groups in total. The fourth-order valence-corrected chi connectivity index (χ4v) is 3.19. The van der Waals surface area contributed by atoms with Gasteiger partial charge < -0.3 is 24.4 Å². The van der Waals surface area contributed by atoms with E-state index in [9.17, 15) is 4.79 Å². The number of nitrogens with one attached hydrogen (secondary N) is 1. The highest BCUT2D eigenvalue weighted by atomic mass is 16.5. The molecule has 0 bridgehead atoms. The van der Waals surface area contributed by atoms with E-state index in [2.05, 4.69) is 15.2 Å². The second-order valence-electron chi connectivity index (χ2n) is 6.32. The summed E-state index contributed by atoms with van der Waals surface area (Å²) in [5, 5.41) is 3.37. The molecule has 0 aliphatic carbocycles. The third kappa shape index (κ3) is 5.94. The molecule has 2 heterocycles. The topological polar surface area (TPSA) is 72.4 Å². The molecule has 1 unspecified atom stereocenters. The van der Waals surface area contributed by atoms with Crippen molar-refractivity contribution in [2.24, 2.45) is 10.9 Å². The Morgan fingerprint density at radius 3 is 2.75 bits per heavy atom. The Balaban J connectivity index is 1.56. The van der Waals surface area contributed by atoms with Gasteiger partial charge in [0.15, 0.2) is 5.96 Å². The normalized spacial score (nSPS) is 22.7. The molecule has 0 saturated carbocycles. The molecule has 2 rings (SSSR count). The fourth-order valence-electron chi connectivity index (χ4n) is 3.19. The van der Waals surface area contributed by atoms with Crippen LogP contribution in [0.15, 0.2) is 4.99 Å². The number of guanidine groups is 1. The van der Waals surface area contributed by atoms with Gasteiger partial charge in [-0.05, 0) is 32.1 Å². The highest BCUT2D eigenvalue weighted by molar-refractivity contribution is 5.80. The maximum absolute atomic E-state index is 11.6. The SMILES string of the molecule is CN=C(NCCCOCC1CCCO1)N1CCC(C(=O)OC)CC1. The molecule has 7 heteroatoms. The molecular formula is C17H31N3O4. The van der Waals surface area contributed by atoms with E-state index >= 15 is 0 Å². The van der Waals surface area contributed by atoms with Crippen molar-refractivity contribution in [2.75, 3.05) is 53.6 Å². The number of likely N-dealkylation sites (tertiary alicyclic amines) is 1. The Morgan fingerprint density at radius 2 is 2.12 bits per heavy atom. The summed E-state index contributed by atoms with van der Waals surface area (Å²) in [5.41, 5.74) is 0. The average molecular weight is 341 g/mol. The second-order valence-corrected chi connectivity index (χ2v) is 6.32. The number of ether oxygens (including phenoxy) is 3. The zero-order chi connectivity index (χ0) is 17.2. The summed E-state index contributed by atoms with van der Waals surface area (Å²) in [5.74, 6) is 0.828. The number of carbonyl (C=O) groups is 1. The van der Waals surface area contributed by atoms with Gasteiger partial charge in [0.2, 0.25) is 0 Å². The van der Waals surface area contributed by atoms with Gasteiger partial charge in [-0.1, -0.05) is 0 Å². The van der Waals surface area contributed by atoms with Crippen LogP contribution in [0, 0.1) is 5.92 Å². The Morgan fingerprint density at radius 1 is 1.33 bits per heavy atom. The predicted octanol–water partition coefficient (Wildman–Crippen LogP) is 1.03. The number of rotatable bonds is 7. The van der Waals surface area contributed by atoms with E-state index in [4.69, 9.17) is 14.2 Å². The van der Waals surface area contributed by atoms with Crippen LogP contribution in [0.25, 0.3) is 0 Å². The quantitative estimate of drug-likeness (QED) is 0.323. The van der Waals surface area contributed by atoms with Crippen molar-refractivity contribution in [1.29, 1.82) is 0 Å². The minimum atomic E-state index is -0.0963. The van der Waals surface area contributed by atoms with Crippen molar-refractivity contribution < 1.29 is 19.0 Å². The highest BCUT2D eigenvalue weighted by Crippen LogP contribution is 2.18. The highest BCUT2D eigenvalue weighted by Gasteiger charge is 2.26. The Hall–Kier alpha value is -1.34. The number of esters is 1. The van der Waals surface area contributed by atoms with Crippen molar-refractivity contribution in [3.63, 3.8) is 0 Å². The third-order valence-electron chi connectivity index (χ3n) is 4.62. The molecule has 7 nitrogen and oxygen atoms in total. The molecule has 2 aliphatic rings. The molecule has 0 aromatic carbocycles. The summed E-state index contributed by atoms with van der Waals surface area (Å²) in [7, 11) is 3.25. The van der Waals surface area contributed by atoms with E-state index in [1.54, 1.807) is 7.05 Å². The summed E-state index contributed by atoms with van der Waals surface area (Å²) >= 11 is 0. The molecule has 0 spiro atoms. The van der Waals surface area contributed by atoms with Crippen LogP contribution in [-0.2, 0) is 19.0 Å². The van der Waals surface area contributed by atoms with Gasteiger partial charge in [0.05, 0.1) is 25.7 Å². The first-order valence-corrected chi connectivity index (χ1v) is 8.97. The fraction of sp³-hybridized carbons (Fsp3) is 0.882. The zero-order valence-corrected chi connectivity index (χ0v) is 15.0. The van der Waals surface area contributed by atoms with E-state index in [-0.39, 0.29) is 11.9 Å². The van der Waals surface area contributed by atoms with Crippen LogP contribution in [0.2, 0.25) is 0 Å². The Bertz CT molecular complexity index is 403. The van der Waals surface area contributed by atoms with Gasteiger partial charge in [0.1, 0.15) is 0 Å². The lowest BCUT2D eigenvalue weighted by molar-refractivity contribution is -0.146. The summed E-state index contributed by atoms with van der Waals surface area (Å²) in [6.07, 6.45) is 5.13. The molecular weight excluding hydrogens is 310 g/mol. The smallest absolute Gasteiger partial charge is 0.308 e. The lowest BCUT2D eigenvalue weighted by atomic mass is 9.97. The average Bonchev–Trinajstić information content (AvgIpc) is 3.14. The van der Waals surface area contributed by atoms with Crippen molar-refractivity contribution in [3.8, 4) is 0 Å². The number of methoxy groups -OCH3 is 1. The monoisotopic (exact) mass is 341 g/mol. The minimum Gasteiger partial charge on any atom is -0.469 e. The largest absolute Gasteiger partial charge is 0.469 e. The molecule has 1 atom stereocenters. The number of nitrogens with zero attached hydrogens (tertiary/aromatic N) is 2. The van der Waals surface area contributed by atoms with E-state index in [1.165, 1.54) is 7.11 Å². The molecule has 0 aromatic rings. The molecule has 138 valence electrons. The van der Waals surface area contributed by atoms with Crippen molar-refractivity contribution >= 4 is 11.9 Å². The van der Waals surface area contributed by atoms with Gasteiger partial charge in [-0.25, -0.2) is 0 Å². The molecule has 2 aliphatic heterocycles. The molecule has 0 radical (unpaired) electrons. The number of aliphatic imine (C=N–C) groups is 1. The minimum absolute atomic E-state index is 0.0237. The van der Waals surface area contributed by atoms with Gasteiger partial charge >= 0.3 is 5.97 Å². The van der Waals surface area contributed by atoms with Crippen LogP contribution in [-0.4, -0.2) is 76.5 Å². The first-order valence-electron chi connectivity index (χ1n) is 8.97. The third-order valence-corrected chi connectivity index (χ3v) is 4.62. The van der Waals surface area contributed by atoms with Crippen molar-refractivity contribution in [2.45, 2.75) is 38.2 Å². The van der Waals surface area contributed by atoms with E-state index < -0.39 is 0 Å². The van der Waals surface area contributed by atoms with Gasteiger partial charge in [-0.3, -0.25) is 9.79 Å². The first-order chi connectivity index (χ1) is 11.7. The van der Waals surface area contributed by atoms with E-state index in [0.29, 0.717) is 12.7 Å². The van der Waals surface area contributed by atoms with Crippen LogP contribution >= 0.6 is 0 Å². The summed E-state index contributed by atoms with van der Waals surface area (Å²) in [6.45, 7) is 4.79. The van der Waals surface area contributed by atoms with Gasteiger partial charge in [-0.15, -0.1) is 0 Å². The van der Waals surface area contributed by atoms with Crippen LogP contribution in [0.5, 0.6) is 0 Å². The Kier molecular flexibility index (Phi) is 8.32. The van der Waals surface area contributed by atoms with Crippen LogP contribution < -0.4 is 5.32 Å². The number of carbonyl (C=O) groups excluding carboxylic acids is 1. The number of piperidine rings is 1. The van der Waals surface area contributed by atoms with Crippen molar-refractivity contribution in [1.82, 2.24) is 10.2 Å². The molecule has 2 saturated heterocycles. The summed E-state index contributed by atoms with van der Waals surface area (Å²) in [6, 6.07) is 0. The van der Waals surface area contributed by atoms with Crippen LogP contribution in [0.3, 0.4) is 0 Å². The second kappa shape index (κ2) is 10.5. The Labute approximate surface area is 144 Å². The molecule has 2 fully saturated rings. The van der Waals surface area contributed by atoms with Crippen LogP contribution in [0.1, 0.15) is 32.1 Å². The zero-order valence-electron chi connectivity index (χ0n) is 15.0. The summed E-state index contributed by atoms with van der Waals surface area (Å²) < 4.78 is 16.0. The molecule has 0 amide bonds. The van der Waals surface area contributed by atoms with Gasteiger partial charge in [0, 0.05) is 39.9 Å². The first kappa shape index (κ1) is 19.0. The lowest BCUT2D eigenvalue weighted by Crippen LogP contribution is -2.47. The van der Waals surface area contributed by atoms with Crippen LogP contribution in [0.4, 0.5) is 0 Å². The number of hydrogen-bond donors (Lipinski definition) is 1. The van der Waals surface area contributed by atoms with Crippen molar-refractivity contribution in [3.05, 3.63) is 0 Å². The van der Waals surface area contributed by atoms with E-state index in [1.807, 2.05) is 0 Å². The van der Waals surface area contributed by atoms with E-state index in [0.717, 1.165) is 70.9 Å².